The number of benzene rings is 1. The monoisotopic (exact) mass is 373 g/mol. The molecule has 0 bridgehead atoms. The van der Waals surface area contributed by atoms with E-state index in [4.69, 9.17) is 9.47 Å². The van der Waals surface area contributed by atoms with Crippen LogP contribution in [-0.4, -0.2) is 56.7 Å². The van der Waals surface area contributed by atoms with Crippen LogP contribution < -0.4 is 19.7 Å². The molecule has 1 aromatic heterocycles. The van der Waals surface area contributed by atoms with Crippen molar-refractivity contribution in [2.24, 2.45) is 0 Å². The summed E-state index contributed by atoms with van der Waals surface area (Å²) in [6.07, 6.45) is 0. The largest absolute Gasteiger partial charge is 0.486 e. The van der Waals surface area contributed by atoms with Crippen LogP contribution in [0.4, 0.5) is 5.69 Å². The summed E-state index contributed by atoms with van der Waals surface area (Å²) in [5.41, 5.74) is 0.850. The van der Waals surface area contributed by atoms with Gasteiger partial charge in [-0.3, -0.25) is 9.69 Å². The van der Waals surface area contributed by atoms with E-state index in [1.165, 1.54) is 0 Å². The van der Waals surface area contributed by atoms with E-state index in [-0.39, 0.29) is 5.91 Å². The molecule has 0 aliphatic carbocycles. The van der Waals surface area contributed by atoms with Crippen LogP contribution in [0.25, 0.3) is 0 Å². The van der Waals surface area contributed by atoms with E-state index in [0.717, 1.165) is 42.5 Å². The van der Waals surface area contributed by atoms with Crippen molar-refractivity contribution in [1.82, 2.24) is 10.2 Å². The maximum Gasteiger partial charge on any atom is 0.241 e. The van der Waals surface area contributed by atoms with Gasteiger partial charge in [-0.2, -0.15) is 0 Å². The second kappa shape index (κ2) is 8.07. The molecular weight excluding hydrogens is 350 g/mol. The van der Waals surface area contributed by atoms with Crippen molar-refractivity contribution in [3.8, 4) is 11.5 Å². The third kappa shape index (κ3) is 4.00. The summed E-state index contributed by atoms with van der Waals surface area (Å²) in [6.45, 7) is 5.77. The first-order valence-corrected chi connectivity index (χ1v) is 9.83. The van der Waals surface area contributed by atoms with Gasteiger partial charge >= 0.3 is 0 Å². The predicted octanol–water partition coefficient (Wildman–Crippen LogP) is 1.96. The molecule has 1 saturated heterocycles. The van der Waals surface area contributed by atoms with E-state index >= 15 is 0 Å². The number of carbonyl (C=O) groups excluding carboxylic acids is 1. The number of nitrogens with one attached hydrogen (secondary N) is 1. The fourth-order valence-electron chi connectivity index (χ4n) is 3.23. The normalized spacial score (nSPS) is 17.1. The number of piperazine rings is 1. The molecule has 1 amide bonds. The van der Waals surface area contributed by atoms with Crippen LogP contribution in [0.15, 0.2) is 35.7 Å². The van der Waals surface area contributed by atoms with Crippen molar-refractivity contribution < 1.29 is 14.3 Å². The number of carbonyl (C=O) groups is 1. The Bertz CT molecular complexity index is 744. The summed E-state index contributed by atoms with van der Waals surface area (Å²) in [5.74, 6) is 1.56. The molecule has 4 rings (SSSR count). The quantitative estimate of drug-likeness (QED) is 0.868. The van der Waals surface area contributed by atoms with Gasteiger partial charge < -0.3 is 19.7 Å². The Morgan fingerprint density at radius 3 is 2.73 bits per heavy atom. The molecule has 2 aliphatic heterocycles. The number of fused-ring (bicyclic) bond motifs is 1. The van der Waals surface area contributed by atoms with Crippen LogP contribution in [0, 0.1) is 0 Å². The number of ether oxygens (including phenoxy) is 2. The average molecular weight is 373 g/mol. The number of anilines is 1. The van der Waals surface area contributed by atoms with Gasteiger partial charge in [0.15, 0.2) is 11.5 Å². The van der Waals surface area contributed by atoms with E-state index in [0.29, 0.717) is 32.1 Å². The molecule has 138 valence electrons. The van der Waals surface area contributed by atoms with E-state index < -0.39 is 0 Å². The maximum atomic E-state index is 13.1. The van der Waals surface area contributed by atoms with Crippen molar-refractivity contribution in [3.63, 3.8) is 0 Å². The minimum atomic E-state index is 0.108. The van der Waals surface area contributed by atoms with Gasteiger partial charge in [0.05, 0.1) is 13.1 Å². The number of nitrogens with zero attached hydrogens (tertiary/aromatic N) is 2. The van der Waals surface area contributed by atoms with E-state index in [1.807, 2.05) is 34.5 Å². The van der Waals surface area contributed by atoms with Crippen LogP contribution >= 0.6 is 11.3 Å². The molecule has 1 aromatic carbocycles. The Labute approximate surface area is 157 Å². The molecule has 1 fully saturated rings. The molecule has 0 saturated carbocycles. The fraction of sp³-hybridized carbons (Fsp3) is 0.421. The van der Waals surface area contributed by atoms with Gasteiger partial charge in [0, 0.05) is 42.8 Å². The van der Waals surface area contributed by atoms with Gasteiger partial charge in [-0.15, -0.1) is 11.3 Å². The van der Waals surface area contributed by atoms with Gasteiger partial charge in [-0.25, -0.2) is 0 Å². The highest BCUT2D eigenvalue weighted by molar-refractivity contribution is 7.09. The number of rotatable bonds is 5. The van der Waals surface area contributed by atoms with Gasteiger partial charge in [0.2, 0.25) is 5.91 Å². The van der Waals surface area contributed by atoms with Crippen LogP contribution in [-0.2, 0) is 11.3 Å². The molecule has 26 heavy (non-hydrogen) atoms. The Morgan fingerprint density at radius 2 is 1.96 bits per heavy atom. The van der Waals surface area contributed by atoms with Gasteiger partial charge in [-0.1, -0.05) is 6.07 Å². The van der Waals surface area contributed by atoms with Crippen LogP contribution in [0.2, 0.25) is 0 Å². The Hall–Kier alpha value is -2.09. The lowest BCUT2D eigenvalue weighted by Gasteiger charge is -2.30. The minimum absolute atomic E-state index is 0.108. The second-order valence-electron chi connectivity index (χ2n) is 6.41. The zero-order valence-corrected chi connectivity index (χ0v) is 15.5. The smallest absolute Gasteiger partial charge is 0.241 e. The number of amides is 1. The summed E-state index contributed by atoms with van der Waals surface area (Å²) in [6, 6.07) is 9.83. The molecular formula is C19H23N3O3S. The first-order chi connectivity index (χ1) is 12.8. The summed E-state index contributed by atoms with van der Waals surface area (Å²) < 4.78 is 11.3. The van der Waals surface area contributed by atoms with Crippen LogP contribution in [0.3, 0.4) is 0 Å². The number of thiophene rings is 1. The lowest BCUT2D eigenvalue weighted by Crippen LogP contribution is -2.48. The Morgan fingerprint density at radius 1 is 1.15 bits per heavy atom. The van der Waals surface area contributed by atoms with Crippen molar-refractivity contribution >= 4 is 22.9 Å². The molecule has 0 radical (unpaired) electrons. The summed E-state index contributed by atoms with van der Waals surface area (Å²) in [7, 11) is 0. The lowest BCUT2D eigenvalue weighted by molar-refractivity contribution is -0.120. The second-order valence-corrected chi connectivity index (χ2v) is 7.45. The molecule has 2 aliphatic rings. The third-order valence-electron chi connectivity index (χ3n) is 4.60. The van der Waals surface area contributed by atoms with Gasteiger partial charge in [0.1, 0.15) is 13.2 Å². The molecule has 0 spiro atoms. The van der Waals surface area contributed by atoms with Crippen molar-refractivity contribution in [1.29, 1.82) is 0 Å². The summed E-state index contributed by atoms with van der Waals surface area (Å²) in [4.78, 5) is 18.3. The molecule has 7 heteroatoms. The van der Waals surface area contributed by atoms with Crippen molar-refractivity contribution in [3.05, 3.63) is 40.6 Å². The van der Waals surface area contributed by atoms with Gasteiger partial charge in [-0.05, 0) is 23.6 Å². The average Bonchev–Trinajstić information content (AvgIpc) is 3.20. The molecule has 2 aromatic rings. The van der Waals surface area contributed by atoms with Crippen molar-refractivity contribution in [2.75, 3.05) is 50.8 Å². The van der Waals surface area contributed by atoms with E-state index in [1.54, 1.807) is 11.3 Å². The summed E-state index contributed by atoms with van der Waals surface area (Å²) >= 11 is 1.66. The highest BCUT2D eigenvalue weighted by Crippen LogP contribution is 2.34. The molecule has 1 N–H and O–H groups in total. The van der Waals surface area contributed by atoms with Crippen LogP contribution in [0.5, 0.6) is 11.5 Å². The first-order valence-electron chi connectivity index (χ1n) is 8.95. The highest BCUT2D eigenvalue weighted by atomic mass is 32.1. The summed E-state index contributed by atoms with van der Waals surface area (Å²) in [5, 5.41) is 5.36. The van der Waals surface area contributed by atoms with Gasteiger partial charge in [0.25, 0.3) is 0 Å². The van der Waals surface area contributed by atoms with Crippen LogP contribution in [0.1, 0.15) is 4.88 Å². The zero-order valence-electron chi connectivity index (χ0n) is 14.6. The lowest BCUT2D eigenvalue weighted by atomic mass is 10.2. The number of hydrogen-bond donors (Lipinski definition) is 1. The standard InChI is InChI=1S/C19H23N3O3S/c23-19(14-21-7-5-20-6-8-21)22(13-16-2-1-11-26-16)15-3-4-17-18(12-15)25-10-9-24-17/h1-4,11-12,20H,5-10,13-14H2. The van der Waals surface area contributed by atoms with E-state index in [9.17, 15) is 4.79 Å². The topological polar surface area (TPSA) is 54.0 Å². The fourth-order valence-corrected chi connectivity index (χ4v) is 3.92. The SMILES string of the molecule is O=C(CN1CCNCC1)N(Cc1cccs1)c1ccc2c(c1)OCCO2. The molecule has 0 unspecified atom stereocenters. The van der Waals surface area contributed by atoms with E-state index in [2.05, 4.69) is 16.3 Å². The molecule has 3 heterocycles. The zero-order chi connectivity index (χ0) is 17.8. The maximum absolute atomic E-state index is 13.1. The third-order valence-corrected chi connectivity index (χ3v) is 5.46. The predicted molar refractivity (Wildman–Crippen MR) is 102 cm³/mol. The Balaban J connectivity index is 1.56. The highest BCUT2D eigenvalue weighted by Gasteiger charge is 2.23. The number of hydrogen-bond acceptors (Lipinski definition) is 6. The van der Waals surface area contributed by atoms with Crippen molar-refractivity contribution in [2.45, 2.75) is 6.54 Å². The first kappa shape index (κ1) is 17.3. The minimum Gasteiger partial charge on any atom is -0.486 e. The Kier molecular flexibility index (Phi) is 5.38. The molecule has 0 atom stereocenters. The molecule has 6 nitrogen and oxygen atoms in total.